The van der Waals surface area contributed by atoms with Crippen LogP contribution >= 0.6 is 0 Å². The third-order valence-corrected chi connectivity index (χ3v) is 3.42. The molecule has 0 saturated heterocycles. The van der Waals surface area contributed by atoms with Crippen LogP contribution in [0.5, 0.6) is 0 Å². The summed E-state index contributed by atoms with van der Waals surface area (Å²) in [6, 6.07) is 15.3. The zero-order valence-electron chi connectivity index (χ0n) is 10.5. The molecular weight excluding hydrogens is 238 g/mol. The van der Waals surface area contributed by atoms with Gasteiger partial charge in [0.15, 0.2) is 5.43 Å². The van der Waals surface area contributed by atoms with Gasteiger partial charge in [-0.05, 0) is 30.7 Å². The van der Waals surface area contributed by atoms with E-state index in [-0.39, 0.29) is 12.0 Å². The van der Waals surface area contributed by atoms with Crippen LogP contribution in [-0.2, 0) is 6.54 Å². The fourth-order valence-corrected chi connectivity index (χ4v) is 2.55. The molecule has 0 atom stereocenters. The number of para-hydroxylation sites is 2. The van der Waals surface area contributed by atoms with Crippen LogP contribution in [0, 0.1) is 0 Å². The highest BCUT2D eigenvalue weighted by atomic mass is 16.3. The van der Waals surface area contributed by atoms with E-state index in [9.17, 15) is 4.79 Å². The number of fused-ring (bicyclic) bond motifs is 2. The van der Waals surface area contributed by atoms with Crippen LogP contribution in [0.3, 0.4) is 0 Å². The van der Waals surface area contributed by atoms with Gasteiger partial charge in [-0.1, -0.05) is 24.3 Å². The molecule has 0 amide bonds. The fraction of sp³-hybridized carbons (Fsp3) is 0.188. The van der Waals surface area contributed by atoms with Gasteiger partial charge < -0.3 is 9.67 Å². The molecule has 96 valence electrons. The number of hydrogen-bond donors (Lipinski definition) is 1. The number of hydrogen-bond acceptors (Lipinski definition) is 2. The Balaban J connectivity index is 2.45. The molecule has 0 aliphatic carbocycles. The maximum atomic E-state index is 12.5. The van der Waals surface area contributed by atoms with Crippen molar-refractivity contribution in [1.82, 2.24) is 4.57 Å². The van der Waals surface area contributed by atoms with Crippen LogP contribution in [0.25, 0.3) is 21.8 Å². The molecule has 0 saturated carbocycles. The van der Waals surface area contributed by atoms with Crippen LogP contribution in [0.4, 0.5) is 0 Å². The first-order chi connectivity index (χ1) is 9.33. The summed E-state index contributed by atoms with van der Waals surface area (Å²) in [6.07, 6.45) is 0.677. The third-order valence-electron chi connectivity index (χ3n) is 3.42. The second kappa shape index (κ2) is 4.86. The number of rotatable bonds is 3. The molecule has 3 rings (SSSR count). The predicted molar refractivity (Wildman–Crippen MR) is 77.4 cm³/mol. The van der Waals surface area contributed by atoms with Gasteiger partial charge in [-0.3, -0.25) is 4.79 Å². The van der Waals surface area contributed by atoms with Crippen molar-refractivity contribution in [2.75, 3.05) is 6.61 Å². The molecule has 0 bridgehead atoms. The van der Waals surface area contributed by atoms with Gasteiger partial charge in [-0.2, -0.15) is 0 Å². The monoisotopic (exact) mass is 253 g/mol. The van der Waals surface area contributed by atoms with Crippen molar-refractivity contribution in [3.05, 3.63) is 58.8 Å². The van der Waals surface area contributed by atoms with E-state index in [4.69, 9.17) is 5.11 Å². The van der Waals surface area contributed by atoms with Gasteiger partial charge in [0.1, 0.15) is 0 Å². The van der Waals surface area contributed by atoms with E-state index in [1.807, 2.05) is 48.5 Å². The molecule has 0 radical (unpaired) electrons. The van der Waals surface area contributed by atoms with Gasteiger partial charge in [0.05, 0.1) is 11.0 Å². The summed E-state index contributed by atoms with van der Waals surface area (Å²) >= 11 is 0. The van der Waals surface area contributed by atoms with Crippen molar-refractivity contribution >= 4 is 21.8 Å². The Bertz CT molecular complexity index is 729. The SMILES string of the molecule is O=c1c2ccccc2n(CCCO)c2ccccc12. The summed E-state index contributed by atoms with van der Waals surface area (Å²) in [5.74, 6) is 0. The number of benzene rings is 2. The zero-order valence-corrected chi connectivity index (χ0v) is 10.5. The van der Waals surface area contributed by atoms with Gasteiger partial charge in [0.2, 0.25) is 0 Å². The summed E-state index contributed by atoms with van der Waals surface area (Å²) in [7, 11) is 0. The first-order valence-electron chi connectivity index (χ1n) is 6.44. The molecule has 1 N–H and O–H groups in total. The largest absolute Gasteiger partial charge is 0.396 e. The average Bonchev–Trinajstić information content (AvgIpc) is 2.47. The first kappa shape index (κ1) is 11.9. The maximum absolute atomic E-state index is 12.5. The van der Waals surface area contributed by atoms with Crippen LogP contribution < -0.4 is 5.43 Å². The van der Waals surface area contributed by atoms with Crippen molar-refractivity contribution in [2.24, 2.45) is 0 Å². The van der Waals surface area contributed by atoms with Crippen molar-refractivity contribution in [2.45, 2.75) is 13.0 Å². The summed E-state index contributed by atoms with van der Waals surface area (Å²) in [5.41, 5.74) is 1.94. The Morgan fingerprint density at radius 3 is 1.95 bits per heavy atom. The maximum Gasteiger partial charge on any atom is 0.197 e. The highest BCUT2D eigenvalue weighted by Crippen LogP contribution is 2.19. The number of aromatic nitrogens is 1. The molecule has 0 fully saturated rings. The Morgan fingerprint density at radius 1 is 0.895 bits per heavy atom. The minimum absolute atomic E-state index is 0.0754. The summed E-state index contributed by atoms with van der Waals surface area (Å²) in [5, 5.41) is 10.5. The average molecular weight is 253 g/mol. The summed E-state index contributed by atoms with van der Waals surface area (Å²) in [4.78, 5) is 12.5. The minimum atomic E-state index is 0.0754. The van der Waals surface area contributed by atoms with Gasteiger partial charge >= 0.3 is 0 Å². The van der Waals surface area contributed by atoms with Crippen molar-refractivity contribution in [1.29, 1.82) is 0 Å². The van der Waals surface area contributed by atoms with Crippen molar-refractivity contribution in [3.63, 3.8) is 0 Å². The molecule has 0 aliphatic heterocycles. The fourth-order valence-electron chi connectivity index (χ4n) is 2.55. The molecule has 19 heavy (non-hydrogen) atoms. The second-order valence-corrected chi connectivity index (χ2v) is 4.59. The third kappa shape index (κ3) is 1.92. The van der Waals surface area contributed by atoms with E-state index < -0.39 is 0 Å². The zero-order chi connectivity index (χ0) is 13.2. The number of aliphatic hydroxyl groups excluding tert-OH is 1. The Morgan fingerprint density at radius 2 is 1.42 bits per heavy atom. The number of aryl methyl sites for hydroxylation is 1. The van der Waals surface area contributed by atoms with Crippen LogP contribution in [0.15, 0.2) is 53.3 Å². The lowest BCUT2D eigenvalue weighted by Crippen LogP contribution is -2.12. The number of aliphatic hydroxyl groups is 1. The quantitative estimate of drug-likeness (QED) is 0.729. The van der Waals surface area contributed by atoms with Gasteiger partial charge in [0, 0.05) is 23.9 Å². The Hall–Kier alpha value is -2.13. The van der Waals surface area contributed by atoms with E-state index in [2.05, 4.69) is 4.57 Å². The molecule has 0 spiro atoms. The van der Waals surface area contributed by atoms with E-state index >= 15 is 0 Å². The van der Waals surface area contributed by atoms with Crippen molar-refractivity contribution < 1.29 is 5.11 Å². The number of nitrogens with zero attached hydrogens (tertiary/aromatic N) is 1. The molecule has 3 aromatic rings. The molecule has 1 heterocycles. The molecule has 3 heteroatoms. The van der Waals surface area contributed by atoms with Crippen LogP contribution in [0.1, 0.15) is 6.42 Å². The lowest BCUT2D eigenvalue weighted by molar-refractivity contribution is 0.281. The molecule has 1 aromatic heterocycles. The highest BCUT2D eigenvalue weighted by molar-refractivity contribution is 5.93. The normalized spacial score (nSPS) is 11.2. The number of pyridine rings is 1. The minimum Gasteiger partial charge on any atom is -0.396 e. The van der Waals surface area contributed by atoms with Gasteiger partial charge in [-0.25, -0.2) is 0 Å². The molecule has 0 aliphatic rings. The van der Waals surface area contributed by atoms with Crippen LogP contribution in [0.2, 0.25) is 0 Å². The lowest BCUT2D eigenvalue weighted by Gasteiger charge is -2.14. The summed E-state index contributed by atoms with van der Waals surface area (Å²) < 4.78 is 2.11. The molecule has 0 unspecified atom stereocenters. The first-order valence-corrected chi connectivity index (χ1v) is 6.44. The van der Waals surface area contributed by atoms with E-state index in [1.165, 1.54) is 0 Å². The van der Waals surface area contributed by atoms with E-state index in [1.54, 1.807) is 0 Å². The predicted octanol–water partition coefficient (Wildman–Crippen LogP) is 2.54. The second-order valence-electron chi connectivity index (χ2n) is 4.59. The molecule has 2 aromatic carbocycles. The molecule has 3 nitrogen and oxygen atoms in total. The van der Waals surface area contributed by atoms with Gasteiger partial charge in [-0.15, -0.1) is 0 Å². The van der Waals surface area contributed by atoms with Crippen molar-refractivity contribution in [3.8, 4) is 0 Å². The Labute approximate surface area is 110 Å². The summed E-state index contributed by atoms with van der Waals surface area (Å²) in [6.45, 7) is 0.854. The smallest absolute Gasteiger partial charge is 0.197 e. The van der Waals surface area contributed by atoms with E-state index in [0.29, 0.717) is 13.0 Å². The van der Waals surface area contributed by atoms with Crippen LogP contribution in [-0.4, -0.2) is 16.3 Å². The molecular formula is C16H15NO2. The standard InChI is InChI=1S/C16H15NO2/c18-11-5-10-17-14-8-3-1-6-12(14)16(19)13-7-2-4-9-15(13)17/h1-4,6-9,18H,5,10-11H2. The Kier molecular flexibility index (Phi) is 3.05. The van der Waals surface area contributed by atoms with E-state index in [0.717, 1.165) is 21.8 Å². The topological polar surface area (TPSA) is 42.2 Å². The lowest BCUT2D eigenvalue weighted by atomic mass is 10.1. The van der Waals surface area contributed by atoms with Gasteiger partial charge in [0.25, 0.3) is 0 Å². The highest BCUT2D eigenvalue weighted by Gasteiger charge is 2.09.